The van der Waals surface area contributed by atoms with Crippen LogP contribution < -0.4 is 10.5 Å². The molecule has 0 spiro atoms. The molecule has 0 radical (unpaired) electrons. The molecule has 0 heterocycles. The fourth-order valence-electron chi connectivity index (χ4n) is 1.45. The van der Waals surface area contributed by atoms with Crippen molar-refractivity contribution in [2.75, 3.05) is 13.2 Å². The molecule has 0 amide bonds. The Bertz CT molecular complexity index is 441. The minimum atomic E-state index is -0.472. The summed E-state index contributed by atoms with van der Waals surface area (Å²) in [6.07, 6.45) is 0. The average molecular weight is 268 g/mol. The summed E-state index contributed by atoms with van der Waals surface area (Å²) in [6, 6.07) is 4.62. The van der Waals surface area contributed by atoms with Gasteiger partial charge in [0.05, 0.1) is 17.1 Å². The third-order valence-corrected chi connectivity index (χ3v) is 2.33. The first-order valence-corrected chi connectivity index (χ1v) is 6.07. The number of nitrogens with two attached hydrogens (primary N) is 1. The van der Waals surface area contributed by atoms with Crippen molar-refractivity contribution in [2.45, 2.75) is 32.9 Å². The fourth-order valence-corrected chi connectivity index (χ4v) is 1.45. The molecule has 0 aliphatic rings. The molecular formula is C13H20N2O4. The summed E-state index contributed by atoms with van der Waals surface area (Å²) in [5, 5.41) is 10.9. The lowest BCUT2D eigenvalue weighted by Gasteiger charge is -2.19. The predicted molar refractivity (Wildman–Crippen MR) is 72.2 cm³/mol. The highest BCUT2D eigenvalue weighted by molar-refractivity contribution is 5.48. The van der Waals surface area contributed by atoms with E-state index in [1.165, 1.54) is 6.07 Å². The summed E-state index contributed by atoms with van der Waals surface area (Å²) >= 11 is 0. The number of hydrogen-bond donors (Lipinski definition) is 1. The van der Waals surface area contributed by atoms with Crippen LogP contribution in [0, 0.1) is 10.1 Å². The number of ether oxygens (including phenoxy) is 2. The standard InChI is InChI=1S/C13H20N2O4/c1-13(2,3)19-7-6-18-12-8-10(9-14)4-5-11(12)15(16)17/h4-5,8H,6-7,9,14H2,1-3H3. The summed E-state index contributed by atoms with van der Waals surface area (Å²) in [4.78, 5) is 10.4. The lowest BCUT2D eigenvalue weighted by Crippen LogP contribution is -2.22. The zero-order valence-corrected chi connectivity index (χ0v) is 11.5. The molecule has 1 rings (SSSR count). The Morgan fingerprint density at radius 2 is 2.00 bits per heavy atom. The van der Waals surface area contributed by atoms with Gasteiger partial charge in [0, 0.05) is 12.6 Å². The van der Waals surface area contributed by atoms with Crippen LogP contribution in [-0.2, 0) is 11.3 Å². The molecule has 0 aliphatic carbocycles. The maximum Gasteiger partial charge on any atom is 0.310 e. The molecule has 0 unspecified atom stereocenters. The van der Waals surface area contributed by atoms with Gasteiger partial charge < -0.3 is 15.2 Å². The van der Waals surface area contributed by atoms with Crippen LogP contribution in [0.2, 0.25) is 0 Å². The van der Waals surface area contributed by atoms with Crippen LogP contribution in [0.4, 0.5) is 5.69 Å². The van der Waals surface area contributed by atoms with Crippen molar-refractivity contribution in [3.8, 4) is 5.75 Å². The zero-order chi connectivity index (χ0) is 14.5. The van der Waals surface area contributed by atoms with Gasteiger partial charge in [-0.05, 0) is 32.4 Å². The van der Waals surface area contributed by atoms with E-state index >= 15 is 0 Å². The maximum atomic E-state index is 10.9. The van der Waals surface area contributed by atoms with Gasteiger partial charge in [-0.25, -0.2) is 0 Å². The van der Waals surface area contributed by atoms with Gasteiger partial charge in [-0.2, -0.15) is 0 Å². The molecule has 6 heteroatoms. The lowest BCUT2D eigenvalue weighted by atomic mass is 10.2. The second-order valence-electron chi connectivity index (χ2n) is 5.07. The maximum absolute atomic E-state index is 10.9. The molecule has 19 heavy (non-hydrogen) atoms. The molecule has 1 aromatic rings. The predicted octanol–water partition coefficient (Wildman–Crippen LogP) is 2.25. The van der Waals surface area contributed by atoms with Gasteiger partial charge in [-0.1, -0.05) is 6.07 Å². The molecule has 2 N–H and O–H groups in total. The van der Waals surface area contributed by atoms with Crippen molar-refractivity contribution in [3.05, 3.63) is 33.9 Å². The molecular weight excluding hydrogens is 248 g/mol. The highest BCUT2D eigenvalue weighted by Gasteiger charge is 2.16. The van der Waals surface area contributed by atoms with E-state index in [4.69, 9.17) is 15.2 Å². The van der Waals surface area contributed by atoms with Gasteiger partial charge in [0.15, 0.2) is 5.75 Å². The van der Waals surface area contributed by atoms with Crippen LogP contribution in [0.3, 0.4) is 0 Å². The summed E-state index contributed by atoms with van der Waals surface area (Å²) in [5.74, 6) is 0.227. The summed E-state index contributed by atoms with van der Waals surface area (Å²) in [5.41, 5.74) is 5.98. The van der Waals surface area contributed by atoms with E-state index < -0.39 is 4.92 Å². The Kier molecular flexibility index (Phi) is 5.26. The monoisotopic (exact) mass is 268 g/mol. The Balaban J connectivity index is 2.67. The lowest BCUT2D eigenvalue weighted by molar-refractivity contribution is -0.385. The molecule has 0 bridgehead atoms. The van der Waals surface area contributed by atoms with Crippen molar-refractivity contribution < 1.29 is 14.4 Å². The first kappa shape index (κ1) is 15.4. The third-order valence-electron chi connectivity index (χ3n) is 2.33. The van der Waals surface area contributed by atoms with Gasteiger partial charge in [0.2, 0.25) is 0 Å². The van der Waals surface area contributed by atoms with Crippen LogP contribution in [0.1, 0.15) is 26.3 Å². The normalized spacial score (nSPS) is 11.4. The number of hydrogen-bond acceptors (Lipinski definition) is 5. The molecule has 0 atom stereocenters. The molecule has 1 aromatic carbocycles. The summed E-state index contributed by atoms with van der Waals surface area (Å²) in [7, 11) is 0. The van der Waals surface area contributed by atoms with E-state index in [1.54, 1.807) is 12.1 Å². The van der Waals surface area contributed by atoms with Crippen molar-refractivity contribution >= 4 is 5.69 Å². The molecule has 6 nitrogen and oxygen atoms in total. The number of nitro groups is 1. The van der Waals surface area contributed by atoms with Crippen molar-refractivity contribution in [1.82, 2.24) is 0 Å². The minimum Gasteiger partial charge on any atom is -0.484 e. The van der Waals surface area contributed by atoms with E-state index in [2.05, 4.69) is 0 Å². The van der Waals surface area contributed by atoms with E-state index in [9.17, 15) is 10.1 Å². The molecule has 0 aromatic heterocycles. The second kappa shape index (κ2) is 6.49. The quantitative estimate of drug-likeness (QED) is 0.485. The van der Waals surface area contributed by atoms with Gasteiger partial charge in [-0.3, -0.25) is 10.1 Å². The van der Waals surface area contributed by atoms with Crippen LogP contribution in [0.5, 0.6) is 5.75 Å². The molecule has 0 saturated heterocycles. The van der Waals surface area contributed by atoms with Gasteiger partial charge in [0.1, 0.15) is 6.61 Å². The first-order valence-electron chi connectivity index (χ1n) is 6.07. The third kappa shape index (κ3) is 5.23. The van der Waals surface area contributed by atoms with Crippen LogP contribution in [-0.4, -0.2) is 23.7 Å². The SMILES string of the molecule is CC(C)(C)OCCOc1cc(CN)ccc1[N+](=O)[O-]. The fraction of sp³-hybridized carbons (Fsp3) is 0.538. The van der Waals surface area contributed by atoms with Crippen molar-refractivity contribution in [2.24, 2.45) is 5.73 Å². The molecule has 106 valence electrons. The largest absolute Gasteiger partial charge is 0.484 e. The number of rotatable bonds is 6. The smallest absolute Gasteiger partial charge is 0.310 e. The van der Waals surface area contributed by atoms with Gasteiger partial charge in [0.25, 0.3) is 0 Å². The highest BCUT2D eigenvalue weighted by atomic mass is 16.6. The van der Waals surface area contributed by atoms with E-state index in [0.29, 0.717) is 13.2 Å². The summed E-state index contributed by atoms with van der Waals surface area (Å²) in [6.45, 7) is 6.74. The second-order valence-corrected chi connectivity index (χ2v) is 5.07. The zero-order valence-electron chi connectivity index (χ0n) is 11.5. The van der Waals surface area contributed by atoms with E-state index in [-0.39, 0.29) is 23.6 Å². The number of nitrogens with zero attached hydrogens (tertiary/aromatic N) is 1. The van der Waals surface area contributed by atoms with E-state index in [1.807, 2.05) is 20.8 Å². The Morgan fingerprint density at radius 1 is 1.32 bits per heavy atom. The van der Waals surface area contributed by atoms with Crippen molar-refractivity contribution in [3.63, 3.8) is 0 Å². The molecule has 0 fully saturated rings. The Hall–Kier alpha value is -1.66. The minimum absolute atomic E-state index is 0.0621. The highest BCUT2D eigenvalue weighted by Crippen LogP contribution is 2.27. The molecule has 0 saturated carbocycles. The van der Waals surface area contributed by atoms with Crippen molar-refractivity contribution in [1.29, 1.82) is 0 Å². The van der Waals surface area contributed by atoms with Gasteiger partial charge in [-0.15, -0.1) is 0 Å². The Labute approximate surface area is 112 Å². The van der Waals surface area contributed by atoms with Crippen LogP contribution in [0.25, 0.3) is 0 Å². The molecule has 0 aliphatic heterocycles. The van der Waals surface area contributed by atoms with Crippen LogP contribution >= 0.6 is 0 Å². The topological polar surface area (TPSA) is 87.6 Å². The first-order chi connectivity index (χ1) is 8.83. The number of nitro benzene ring substituents is 1. The number of benzene rings is 1. The Morgan fingerprint density at radius 3 is 2.53 bits per heavy atom. The van der Waals surface area contributed by atoms with Gasteiger partial charge >= 0.3 is 5.69 Å². The average Bonchev–Trinajstić information content (AvgIpc) is 2.33. The summed E-state index contributed by atoms with van der Waals surface area (Å²) < 4.78 is 10.9. The van der Waals surface area contributed by atoms with E-state index in [0.717, 1.165) is 5.56 Å². The van der Waals surface area contributed by atoms with Crippen LogP contribution in [0.15, 0.2) is 18.2 Å².